The largest absolute Gasteiger partial charge is 0.298 e. The highest BCUT2D eigenvalue weighted by molar-refractivity contribution is 7.99. The molecule has 2 rings (SSSR count). The van der Waals surface area contributed by atoms with E-state index in [4.69, 9.17) is 23.2 Å². The fraction of sp³-hybridized carbons (Fsp3) is 0. The molecule has 0 aliphatic rings. The zero-order valence-corrected chi connectivity index (χ0v) is 11.6. The fourth-order valence-electron chi connectivity index (χ4n) is 1.40. The highest BCUT2D eigenvalue weighted by atomic mass is 35.5. The van der Waals surface area contributed by atoms with E-state index in [1.54, 1.807) is 12.1 Å². The van der Waals surface area contributed by atoms with E-state index in [-0.39, 0.29) is 10.5 Å². The molecule has 0 radical (unpaired) electrons. The molecule has 0 unspecified atom stereocenters. The highest BCUT2D eigenvalue weighted by Crippen LogP contribution is 2.35. The van der Waals surface area contributed by atoms with E-state index in [0.29, 0.717) is 21.2 Å². The summed E-state index contributed by atoms with van der Waals surface area (Å²) >= 11 is 12.5. The van der Waals surface area contributed by atoms with Gasteiger partial charge in [0.05, 0.1) is 14.9 Å². The quantitative estimate of drug-likeness (QED) is 0.720. The maximum atomic E-state index is 13.7. The van der Waals surface area contributed by atoms with E-state index in [1.165, 1.54) is 6.07 Å². The lowest BCUT2D eigenvalue weighted by molar-refractivity contribution is 0.112. The summed E-state index contributed by atoms with van der Waals surface area (Å²) in [5.41, 5.74) is -0.0477. The lowest BCUT2D eigenvalue weighted by Crippen LogP contribution is -1.92. The third-order valence-corrected chi connectivity index (χ3v) is 4.09. The van der Waals surface area contributed by atoms with Gasteiger partial charge in [0.25, 0.3) is 0 Å². The van der Waals surface area contributed by atoms with Crippen LogP contribution in [0.25, 0.3) is 0 Å². The number of carbonyl (C=O) groups is 1. The Morgan fingerprint density at radius 3 is 2.16 bits per heavy atom. The molecule has 0 saturated carbocycles. The van der Waals surface area contributed by atoms with Gasteiger partial charge in [-0.15, -0.1) is 0 Å². The molecule has 0 aliphatic carbocycles. The van der Waals surface area contributed by atoms with Gasteiger partial charge in [0.15, 0.2) is 0 Å². The Hall–Kier alpha value is -1.10. The summed E-state index contributed by atoms with van der Waals surface area (Å²) in [6, 6.07) is 6.63. The summed E-state index contributed by atoms with van der Waals surface area (Å²) in [4.78, 5) is 10.8. The lowest BCUT2D eigenvalue weighted by Gasteiger charge is -2.06. The van der Waals surface area contributed by atoms with E-state index in [2.05, 4.69) is 0 Å². The molecule has 6 heteroatoms. The van der Waals surface area contributed by atoms with Gasteiger partial charge in [0.1, 0.15) is 17.9 Å². The molecule has 19 heavy (non-hydrogen) atoms. The first-order valence-electron chi connectivity index (χ1n) is 5.08. The molecular weight excluding hydrogens is 313 g/mol. The van der Waals surface area contributed by atoms with Gasteiger partial charge in [-0.2, -0.15) is 0 Å². The van der Waals surface area contributed by atoms with Crippen LogP contribution >= 0.6 is 35.0 Å². The predicted octanol–water partition coefficient (Wildman–Crippen LogP) is 5.24. The summed E-state index contributed by atoms with van der Waals surface area (Å²) < 4.78 is 27.4. The van der Waals surface area contributed by atoms with Crippen LogP contribution in [-0.2, 0) is 0 Å². The van der Waals surface area contributed by atoms with E-state index >= 15 is 0 Å². The molecular formula is C13H6Cl2F2OS. The van der Waals surface area contributed by atoms with Crippen LogP contribution in [0.2, 0.25) is 10.0 Å². The van der Waals surface area contributed by atoms with Gasteiger partial charge in [-0.25, -0.2) is 8.78 Å². The third-order valence-electron chi connectivity index (χ3n) is 2.27. The Kier molecular flexibility index (Phi) is 4.45. The average Bonchev–Trinajstić information content (AvgIpc) is 2.37. The molecule has 1 nitrogen and oxygen atoms in total. The second-order valence-electron chi connectivity index (χ2n) is 3.61. The Labute approximate surface area is 122 Å². The first kappa shape index (κ1) is 14.3. The number of aldehydes is 1. The van der Waals surface area contributed by atoms with Crippen molar-refractivity contribution in [1.82, 2.24) is 0 Å². The molecule has 2 aromatic rings. The molecule has 0 aliphatic heterocycles. The molecule has 0 aromatic heterocycles. The molecule has 0 N–H and O–H groups in total. The van der Waals surface area contributed by atoms with Crippen molar-refractivity contribution in [3.05, 3.63) is 57.6 Å². The van der Waals surface area contributed by atoms with Crippen molar-refractivity contribution in [1.29, 1.82) is 0 Å². The van der Waals surface area contributed by atoms with Crippen molar-refractivity contribution >= 4 is 41.2 Å². The van der Waals surface area contributed by atoms with Gasteiger partial charge < -0.3 is 0 Å². The Balaban J connectivity index is 2.38. The molecule has 0 fully saturated rings. The van der Waals surface area contributed by atoms with Crippen LogP contribution in [-0.4, -0.2) is 6.29 Å². The second-order valence-corrected chi connectivity index (χ2v) is 5.51. The van der Waals surface area contributed by atoms with Crippen molar-refractivity contribution in [3.8, 4) is 0 Å². The monoisotopic (exact) mass is 318 g/mol. The zero-order valence-electron chi connectivity index (χ0n) is 9.29. The van der Waals surface area contributed by atoms with E-state index in [1.807, 2.05) is 0 Å². The fourth-order valence-corrected chi connectivity index (χ4v) is 2.63. The first-order valence-corrected chi connectivity index (χ1v) is 6.65. The van der Waals surface area contributed by atoms with E-state index < -0.39 is 11.6 Å². The minimum Gasteiger partial charge on any atom is -0.298 e. The average molecular weight is 319 g/mol. The molecule has 0 saturated heterocycles. The van der Waals surface area contributed by atoms with Crippen LogP contribution in [0.15, 0.2) is 40.1 Å². The van der Waals surface area contributed by atoms with Gasteiger partial charge in [-0.05, 0) is 30.3 Å². The number of halogens is 4. The van der Waals surface area contributed by atoms with E-state index in [0.717, 1.165) is 23.9 Å². The normalized spacial score (nSPS) is 10.5. The maximum absolute atomic E-state index is 13.7. The summed E-state index contributed by atoms with van der Waals surface area (Å²) in [6.45, 7) is 0. The van der Waals surface area contributed by atoms with Crippen LogP contribution < -0.4 is 0 Å². The highest BCUT2D eigenvalue weighted by Gasteiger charge is 2.13. The van der Waals surface area contributed by atoms with Crippen LogP contribution in [0.4, 0.5) is 8.78 Å². The van der Waals surface area contributed by atoms with Crippen molar-refractivity contribution in [2.45, 2.75) is 9.79 Å². The standard InChI is InChI=1S/C13H6Cl2F2OS/c14-9-2-1-8(5-10(9)15)19-13-11(16)3-7(6-18)4-12(13)17/h1-6H. The Morgan fingerprint density at radius 2 is 1.63 bits per heavy atom. The van der Waals surface area contributed by atoms with Crippen LogP contribution in [0.5, 0.6) is 0 Å². The van der Waals surface area contributed by atoms with Gasteiger partial charge in [-0.1, -0.05) is 35.0 Å². The molecule has 0 heterocycles. The number of benzene rings is 2. The van der Waals surface area contributed by atoms with Crippen molar-refractivity contribution in [3.63, 3.8) is 0 Å². The number of carbonyl (C=O) groups excluding carboxylic acids is 1. The SMILES string of the molecule is O=Cc1cc(F)c(Sc2ccc(Cl)c(Cl)c2)c(F)c1. The molecule has 98 valence electrons. The van der Waals surface area contributed by atoms with Crippen molar-refractivity contribution in [2.75, 3.05) is 0 Å². The third kappa shape index (κ3) is 3.26. The Bertz CT molecular complexity index is 624. The minimum absolute atomic E-state index is 0.0477. The van der Waals surface area contributed by atoms with Crippen molar-refractivity contribution in [2.24, 2.45) is 0 Å². The molecule has 0 bridgehead atoms. The van der Waals surface area contributed by atoms with Crippen LogP contribution in [0, 0.1) is 11.6 Å². The predicted molar refractivity (Wildman–Crippen MR) is 72.3 cm³/mol. The van der Waals surface area contributed by atoms with Crippen LogP contribution in [0.1, 0.15) is 10.4 Å². The smallest absolute Gasteiger partial charge is 0.150 e. The summed E-state index contributed by atoms with van der Waals surface area (Å²) in [5.74, 6) is -1.59. The minimum atomic E-state index is -0.793. The molecule has 0 atom stereocenters. The van der Waals surface area contributed by atoms with Gasteiger partial charge in [0, 0.05) is 10.5 Å². The topological polar surface area (TPSA) is 17.1 Å². The van der Waals surface area contributed by atoms with Crippen molar-refractivity contribution < 1.29 is 13.6 Å². The number of hydrogen-bond acceptors (Lipinski definition) is 2. The zero-order chi connectivity index (χ0) is 14.0. The van der Waals surface area contributed by atoms with Crippen LogP contribution in [0.3, 0.4) is 0 Å². The second kappa shape index (κ2) is 5.90. The first-order chi connectivity index (χ1) is 9.01. The molecule has 0 spiro atoms. The number of hydrogen-bond donors (Lipinski definition) is 0. The number of rotatable bonds is 3. The maximum Gasteiger partial charge on any atom is 0.150 e. The van der Waals surface area contributed by atoms with Gasteiger partial charge >= 0.3 is 0 Å². The molecule has 2 aromatic carbocycles. The van der Waals surface area contributed by atoms with Gasteiger partial charge in [-0.3, -0.25) is 4.79 Å². The molecule has 0 amide bonds. The van der Waals surface area contributed by atoms with E-state index in [9.17, 15) is 13.6 Å². The van der Waals surface area contributed by atoms with Gasteiger partial charge in [0.2, 0.25) is 0 Å². The Morgan fingerprint density at radius 1 is 1.00 bits per heavy atom. The lowest BCUT2D eigenvalue weighted by atomic mass is 10.2. The summed E-state index contributed by atoms with van der Waals surface area (Å²) in [7, 11) is 0. The summed E-state index contributed by atoms with van der Waals surface area (Å²) in [6.07, 6.45) is 0.389. The summed E-state index contributed by atoms with van der Waals surface area (Å²) in [5, 5.41) is 0.667.